The van der Waals surface area contributed by atoms with Crippen LogP contribution in [0.2, 0.25) is 0 Å². The number of nitrogens with zero attached hydrogens (tertiary/aromatic N) is 1. The molecule has 3 heteroatoms. The van der Waals surface area contributed by atoms with Crippen molar-refractivity contribution in [3.05, 3.63) is 29.8 Å². The zero-order valence-corrected chi connectivity index (χ0v) is 9.60. The Bertz CT molecular complexity index is 336. The first kappa shape index (κ1) is 11.4. The molecule has 1 fully saturated rings. The van der Waals surface area contributed by atoms with Crippen LogP contribution in [-0.4, -0.2) is 29.1 Å². The van der Waals surface area contributed by atoms with E-state index >= 15 is 0 Å². The largest absolute Gasteiger partial charge is 0.508 e. The molecule has 2 rings (SSSR count). The lowest BCUT2D eigenvalue weighted by molar-refractivity contribution is 0.253. The summed E-state index contributed by atoms with van der Waals surface area (Å²) in [5.74, 6) is 0.354. The van der Waals surface area contributed by atoms with Gasteiger partial charge in [0, 0.05) is 12.6 Å². The highest BCUT2D eigenvalue weighted by Gasteiger charge is 2.28. The van der Waals surface area contributed by atoms with Crippen molar-refractivity contribution in [1.82, 2.24) is 4.90 Å². The van der Waals surface area contributed by atoms with Crippen molar-refractivity contribution in [1.29, 1.82) is 0 Å². The third kappa shape index (κ3) is 3.22. The van der Waals surface area contributed by atoms with Crippen molar-refractivity contribution in [2.45, 2.75) is 31.8 Å². The summed E-state index contributed by atoms with van der Waals surface area (Å²) >= 11 is 0. The van der Waals surface area contributed by atoms with Crippen molar-refractivity contribution in [3.63, 3.8) is 0 Å². The zero-order chi connectivity index (χ0) is 11.4. The van der Waals surface area contributed by atoms with Crippen molar-refractivity contribution >= 4 is 0 Å². The summed E-state index contributed by atoms with van der Waals surface area (Å²) < 4.78 is 0. The molecule has 1 saturated carbocycles. The van der Waals surface area contributed by atoms with Gasteiger partial charge in [0.05, 0.1) is 0 Å². The fraction of sp³-hybridized carbons (Fsp3) is 0.538. The highest BCUT2D eigenvalue weighted by molar-refractivity contribution is 5.27. The summed E-state index contributed by atoms with van der Waals surface area (Å²) in [5.41, 5.74) is 6.73. The zero-order valence-electron chi connectivity index (χ0n) is 9.60. The summed E-state index contributed by atoms with van der Waals surface area (Å²) in [4.78, 5) is 2.47. The van der Waals surface area contributed by atoms with Gasteiger partial charge in [0.15, 0.2) is 0 Å². The van der Waals surface area contributed by atoms with Crippen LogP contribution in [0, 0.1) is 0 Å². The second-order valence-electron chi connectivity index (χ2n) is 4.51. The first-order valence-electron chi connectivity index (χ1n) is 6.01. The second-order valence-corrected chi connectivity index (χ2v) is 4.51. The molecule has 0 heterocycles. The predicted molar refractivity (Wildman–Crippen MR) is 65.2 cm³/mol. The minimum atomic E-state index is 0.354. The van der Waals surface area contributed by atoms with Crippen LogP contribution in [0.5, 0.6) is 5.75 Å². The first-order valence-corrected chi connectivity index (χ1v) is 6.01. The van der Waals surface area contributed by atoms with Gasteiger partial charge in [-0.3, -0.25) is 4.90 Å². The molecule has 1 aliphatic rings. The Hall–Kier alpha value is -1.06. The average Bonchev–Trinajstić information content (AvgIpc) is 3.08. The third-order valence-electron chi connectivity index (χ3n) is 3.01. The van der Waals surface area contributed by atoms with Gasteiger partial charge in [-0.15, -0.1) is 0 Å². The molecule has 0 spiro atoms. The summed E-state index contributed by atoms with van der Waals surface area (Å²) in [7, 11) is 0. The molecule has 0 aliphatic heterocycles. The second kappa shape index (κ2) is 5.32. The number of hydrogen-bond donors (Lipinski definition) is 2. The molecule has 0 atom stereocenters. The van der Waals surface area contributed by atoms with Gasteiger partial charge in [0.1, 0.15) is 5.75 Å². The monoisotopic (exact) mass is 220 g/mol. The number of nitrogens with two attached hydrogens (primary N) is 1. The Morgan fingerprint density at radius 1 is 1.38 bits per heavy atom. The molecule has 0 aromatic heterocycles. The molecule has 3 N–H and O–H groups in total. The standard InChI is InChI=1S/C13H20N2O/c14-7-2-8-15(12-5-6-12)10-11-3-1-4-13(16)9-11/h1,3-4,9,12,16H,2,5-8,10,14H2. The van der Waals surface area contributed by atoms with Gasteiger partial charge < -0.3 is 10.8 Å². The van der Waals surface area contributed by atoms with E-state index in [0.29, 0.717) is 5.75 Å². The van der Waals surface area contributed by atoms with Gasteiger partial charge in [0.25, 0.3) is 0 Å². The maximum Gasteiger partial charge on any atom is 0.115 e. The van der Waals surface area contributed by atoms with E-state index in [1.54, 1.807) is 6.07 Å². The summed E-state index contributed by atoms with van der Waals surface area (Å²) in [5, 5.41) is 9.42. The molecule has 0 radical (unpaired) electrons. The Morgan fingerprint density at radius 2 is 2.19 bits per heavy atom. The van der Waals surface area contributed by atoms with Crippen molar-refractivity contribution < 1.29 is 5.11 Å². The molecule has 0 saturated heterocycles. The molecule has 3 nitrogen and oxygen atoms in total. The number of phenols is 1. The predicted octanol–water partition coefficient (Wildman–Crippen LogP) is 1.71. The number of hydrogen-bond acceptors (Lipinski definition) is 3. The van der Waals surface area contributed by atoms with E-state index in [1.807, 2.05) is 12.1 Å². The molecule has 0 unspecified atom stereocenters. The van der Waals surface area contributed by atoms with Crippen LogP contribution >= 0.6 is 0 Å². The quantitative estimate of drug-likeness (QED) is 0.767. The molecular weight excluding hydrogens is 200 g/mol. The summed E-state index contributed by atoms with van der Waals surface area (Å²) in [6, 6.07) is 8.27. The lowest BCUT2D eigenvalue weighted by Crippen LogP contribution is -2.28. The van der Waals surface area contributed by atoms with E-state index in [0.717, 1.165) is 32.1 Å². The van der Waals surface area contributed by atoms with Crippen LogP contribution in [0.1, 0.15) is 24.8 Å². The van der Waals surface area contributed by atoms with E-state index in [4.69, 9.17) is 5.73 Å². The van der Waals surface area contributed by atoms with E-state index in [-0.39, 0.29) is 0 Å². The van der Waals surface area contributed by atoms with Crippen LogP contribution in [-0.2, 0) is 6.54 Å². The molecular formula is C13H20N2O. The molecule has 1 aliphatic carbocycles. The Kier molecular flexibility index (Phi) is 3.80. The average molecular weight is 220 g/mol. The van der Waals surface area contributed by atoms with Gasteiger partial charge in [-0.25, -0.2) is 0 Å². The van der Waals surface area contributed by atoms with Crippen molar-refractivity contribution in [2.24, 2.45) is 5.73 Å². The summed E-state index contributed by atoms with van der Waals surface area (Å²) in [6.07, 6.45) is 3.67. The number of rotatable bonds is 6. The normalized spacial score (nSPS) is 15.6. The molecule has 1 aromatic rings. The first-order chi connectivity index (χ1) is 7.79. The van der Waals surface area contributed by atoms with E-state index in [1.165, 1.54) is 18.4 Å². The van der Waals surface area contributed by atoms with E-state index in [9.17, 15) is 5.11 Å². The van der Waals surface area contributed by atoms with Gasteiger partial charge in [-0.05, 0) is 50.0 Å². The molecule has 1 aromatic carbocycles. The van der Waals surface area contributed by atoms with Crippen molar-refractivity contribution in [3.8, 4) is 5.75 Å². The summed E-state index contributed by atoms with van der Waals surface area (Å²) in [6.45, 7) is 2.75. The fourth-order valence-electron chi connectivity index (χ4n) is 2.01. The van der Waals surface area contributed by atoms with E-state index < -0.39 is 0 Å². The number of phenolic OH excluding ortho intramolecular Hbond substituents is 1. The van der Waals surface area contributed by atoms with Crippen LogP contribution in [0.15, 0.2) is 24.3 Å². The molecule has 0 amide bonds. The fourth-order valence-corrected chi connectivity index (χ4v) is 2.01. The molecule has 16 heavy (non-hydrogen) atoms. The highest BCUT2D eigenvalue weighted by atomic mass is 16.3. The Morgan fingerprint density at radius 3 is 2.81 bits per heavy atom. The SMILES string of the molecule is NCCCN(Cc1cccc(O)c1)C1CC1. The smallest absolute Gasteiger partial charge is 0.115 e. The van der Waals surface area contributed by atoms with Crippen LogP contribution in [0.25, 0.3) is 0 Å². The topological polar surface area (TPSA) is 49.5 Å². The van der Waals surface area contributed by atoms with E-state index in [2.05, 4.69) is 11.0 Å². The lowest BCUT2D eigenvalue weighted by Gasteiger charge is -2.21. The Balaban J connectivity index is 1.94. The lowest BCUT2D eigenvalue weighted by atomic mass is 10.2. The van der Waals surface area contributed by atoms with Crippen LogP contribution in [0.3, 0.4) is 0 Å². The Labute approximate surface area is 96.9 Å². The minimum Gasteiger partial charge on any atom is -0.508 e. The van der Waals surface area contributed by atoms with Gasteiger partial charge in [-0.2, -0.15) is 0 Å². The maximum absolute atomic E-state index is 9.42. The highest BCUT2D eigenvalue weighted by Crippen LogP contribution is 2.28. The maximum atomic E-state index is 9.42. The number of aromatic hydroxyl groups is 1. The molecule has 88 valence electrons. The van der Waals surface area contributed by atoms with Gasteiger partial charge in [-0.1, -0.05) is 12.1 Å². The van der Waals surface area contributed by atoms with Crippen molar-refractivity contribution in [2.75, 3.05) is 13.1 Å². The van der Waals surface area contributed by atoms with Gasteiger partial charge >= 0.3 is 0 Å². The van der Waals surface area contributed by atoms with Crippen LogP contribution in [0.4, 0.5) is 0 Å². The van der Waals surface area contributed by atoms with Crippen LogP contribution < -0.4 is 5.73 Å². The third-order valence-corrected chi connectivity index (χ3v) is 3.01. The molecule has 0 bridgehead atoms. The minimum absolute atomic E-state index is 0.354. The number of benzene rings is 1. The van der Waals surface area contributed by atoms with Gasteiger partial charge in [0.2, 0.25) is 0 Å².